The van der Waals surface area contributed by atoms with Crippen molar-refractivity contribution >= 4 is 11.9 Å². The molecule has 3 atom stereocenters. The van der Waals surface area contributed by atoms with Gasteiger partial charge in [-0.15, -0.1) is 0 Å². The zero-order chi connectivity index (χ0) is 17.0. The predicted molar refractivity (Wildman–Crippen MR) is 88.7 cm³/mol. The first kappa shape index (κ1) is 17.8. The average Bonchev–Trinajstić information content (AvgIpc) is 3.04. The van der Waals surface area contributed by atoms with Crippen LogP contribution in [0.2, 0.25) is 0 Å². The van der Waals surface area contributed by atoms with Crippen LogP contribution in [-0.2, 0) is 19.1 Å². The van der Waals surface area contributed by atoms with Crippen LogP contribution in [-0.4, -0.2) is 25.2 Å². The highest BCUT2D eigenvalue weighted by atomic mass is 16.5. The van der Waals surface area contributed by atoms with E-state index in [0.29, 0.717) is 30.3 Å². The van der Waals surface area contributed by atoms with E-state index in [1.165, 1.54) is 25.7 Å². The lowest BCUT2D eigenvalue weighted by atomic mass is 9.71. The molecule has 23 heavy (non-hydrogen) atoms. The minimum absolute atomic E-state index is 0.260. The number of fused-ring (bicyclic) bond motifs is 2. The van der Waals surface area contributed by atoms with Gasteiger partial charge in [0.15, 0.2) is 0 Å². The van der Waals surface area contributed by atoms with Gasteiger partial charge in [-0.2, -0.15) is 0 Å². The lowest BCUT2D eigenvalue weighted by Gasteiger charge is -2.35. The van der Waals surface area contributed by atoms with Gasteiger partial charge in [-0.25, -0.2) is 9.59 Å². The molecule has 0 N–H and O–H groups in total. The van der Waals surface area contributed by atoms with E-state index in [9.17, 15) is 9.59 Å². The minimum atomic E-state index is -0.308. The molecule has 2 fully saturated rings. The van der Waals surface area contributed by atoms with Crippen molar-refractivity contribution < 1.29 is 19.1 Å². The first-order valence-electron chi connectivity index (χ1n) is 8.49. The zero-order valence-electron chi connectivity index (χ0n) is 14.4. The monoisotopic (exact) mass is 320 g/mol. The van der Waals surface area contributed by atoms with Gasteiger partial charge in [0, 0.05) is 11.1 Å². The molecule has 2 saturated carbocycles. The molecule has 0 amide bonds. The molecule has 2 bridgehead atoms. The van der Waals surface area contributed by atoms with Crippen LogP contribution in [0.3, 0.4) is 0 Å². The number of carbonyl (C=O) groups is 2. The van der Waals surface area contributed by atoms with Crippen LogP contribution in [0.5, 0.6) is 0 Å². The first-order valence-corrected chi connectivity index (χ1v) is 8.49. The van der Waals surface area contributed by atoms with Crippen molar-refractivity contribution in [1.29, 1.82) is 0 Å². The summed E-state index contributed by atoms with van der Waals surface area (Å²) < 4.78 is 10.6. The molecule has 2 rings (SSSR count). The summed E-state index contributed by atoms with van der Waals surface area (Å²) in [6.45, 7) is 11.5. The van der Waals surface area contributed by atoms with Gasteiger partial charge in [-0.3, -0.25) is 0 Å². The summed E-state index contributed by atoms with van der Waals surface area (Å²) in [5.41, 5.74) is 1.15. The molecule has 0 spiro atoms. The van der Waals surface area contributed by atoms with Crippen molar-refractivity contribution in [2.24, 2.45) is 17.3 Å². The Bertz CT molecular complexity index is 507. The predicted octanol–water partition coefficient (Wildman–Crippen LogP) is 3.81. The number of rotatable bonds is 8. The van der Waals surface area contributed by atoms with E-state index in [0.717, 1.165) is 18.8 Å². The van der Waals surface area contributed by atoms with Crippen LogP contribution in [0, 0.1) is 17.3 Å². The Kier molecular flexibility index (Phi) is 5.66. The maximum atomic E-state index is 11.5. The van der Waals surface area contributed by atoms with Crippen molar-refractivity contribution in [2.45, 2.75) is 52.4 Å². The quantitative estimate of drug-likeness (QED) is 0.504. The van der Waals surface area contributed by atoms with Gasteiger partial charge >= 0.3 is 11.9 Å². The van der Waals surface area contributed by atoms with Crippen LogP contribution in [0.15, 0.2) is 24.3 Å². The van der Waals surface area contributed by atoms with E-state index in [2.05, 4.69) is 13.2 Å². The molecule has 0 aliphatic heterocycles. The van der Waals surface area contributed by atoms with E-state index in [-0.39, 0.29) is 17.4 Å². The van der Waals surface area contributed by atoms with Crippen molar-refractivity contribution in [1.82, 2.24) is 0 Å². The molecular weight excluding hydrogens is 292 g/mol. The van der Waals surface area contributed by atoms with Crippen LogP contribution >= 0.6 is 0 Å². The average molecular weight is 320 g/mol. The molecule has 0 aromatic carbocycles. The van der Waals surface area contributed by atoms with Gasteiger partial charge in [0.2, 0.25) is 0 Å². The second kappa shape index (κ2) is 7.33. The third kappa shape index (κ3) is 4.24. The Morgan fingerprint density at radius 1 is 1.09 bits per heavy atom. The third-order valence-corrected chi connectivity index (χ3v) is 5.46. The fourth-order valence-electron chi connectivity index (χ4n) is 4.24. The maximum absolute atomic E-state index is 11.5. The molecule has 0 aromatic heterocycles. The minimum Gasteiger partial charge on any atom is -0.462 e. The fourth-order valence-corrected chi connectivity index (χ4v) is 4.24. The van der Waals surface area contributed by atoms with Gasteiger partial charge < -0.3 is 9.47 Å². The second-order valence-electron chi connectivity index (χ2n) is 7.27. The molecule has 0 aromatic rings. The Balaban J connectivity index is 1.82. The van der Waals surface area contributed by atoms with E-state index >= 15 is 0 Å². The zero-order valence-corrected chi connectivity index (χ0v) is 14.4. The first-order chi connectivity index (χ1) is 10.8. The van der Waals surface area contributed by atoms with E-state index in [1.54, 1.807) is 13.8 Å². The van der Waals surface area contributed by atoms with E-state index in [1.807, 2.05) is 0 Å². The number of ether oxygens (including phenoxy) is 2. The summed E-state index contributed by atoms with van der Waals surface area (Å²) in [6.07, 6.45) is 6.69. The van der Waals surface area contributed by atoms with Crippen LogP contribution in [0.25, 0.3) is 0 Å². The summed E-state index contributed by atoms with van der Waals surface area (Å²) in [4.78, 5) is 23.0. The highest BCUT2D eigenvalue weighted by molar-refractivity contribution is 5.87. The molecule has 0 radical (unpaired) electrons. The summed E-state index contributed by atoms with van der Waals surface area (Å²) >= 11 is 0. The Morgan fingerprint density at radius 3 is 2.26 bits per heavy atom. The lowest BCUT2D eigenvalue weighted by Crippen LogP contribution is -2.29. The van der Waals surface area contributed by atoms with Gasteiger partial charge in [0.05, 0.1) is 13.2 Å². The molecule has 0 saturated heterocycles. The van der Waals surface area contributed by atoms with Gasteiger partial charge in [-0.05, 0) is 69.6 Å². The Hall–Kier alpha value is -1.58. The summed E-state index contributed by atoms with van der Waals surface area (Å²) in [7, 11) is 0. The Morgan fingerprint density at radius 2 is 1.70 bits per heavy atom. The summed E-state index contributed by atoms with van der Waals surface area (Å²) in [6, 6.07) is 0. The van der Waals surface area contributed by atoms with Crippen LogP contribution in [0.4, 0.5) is 0 Å². The molecule has 4 nitrogen and oxygen atoms in total. The van der Waals surface area contributed by atoms with Gasteiger partial charge in [0.1, 0.15) is 0 Å². The van der Waals surface area contributed by atoms with Crippen molar-refractivity contribution in [2.75, 3.05) is 13.2 Å². The number of hydrogen-bond acceptors (Lipinski definition) is 4. The van der Waals surface area contributed by atoms with Crippen molar-refractivity contribution in [3.63, 3.8) is 0 Å². The van der Waals surface area contributed by atoms with Crippen LogP contribution < -0.4 is 0 Å². The molecular formula is C19H28O4. The molecule has 128 valence electrons. The molecule has 4 heteroatoms. The largest absolute Gasteiger partial charge is 0.462 e. The van der Waals surface area contributed by atoms with Crippen molar-refractivity contribution in [3.05, 3.63) is 24.3 Å². The molecule has 2 aliphatic rings. The molecule has 3 unspecified atom stereocenters. The summed E-state index contributed by atoms with van der Waals surface area (Å²) in [5, 5.41) is 0. The topological polar surface area (TPSA) is 52.6 Å². The highest BCUT2D eigenvalue weighted by Crippen LogP contribution is 2.60. The third-order valence-electron chi connectivity index (χ3n) is 5.46. The Labute approximate surface area is 138 Å². The SMILES string of the molecule is C=C(C)C(=O)OCCC1CC2CCC1(CCOC(=O)C(=C)C)C2. The highest BCUT2D eigenvalue weighted by Gasteiger charge is 2.51. The van der Waals surface area contributed by atoms with E-state index in [4.69, 9.17) is 9.47 Å². The smallest absolute Gasteiger partial charge is 0.333 e. The van der Waals surface area contributed by atoms with Gasteiger partial charge in [-0.1, -0.05) is 13.2 Å². The number of esters is 2. The normalized spacial score (nSPS) is 28.4. The van der Waals surface area contributed by atoms with Crippen LogP contribution in [0.1, 0.15) is 52.4 Å². The van der Waals surface area contributed by atoms with E-state index < -0.39 is 0 Å². The molecule has 2 aliphatic carbocycles. The number of hydrogen-bond donors (Lipinski definition) is 0. The second-order valence-corrected chi connectivity index (χ2v) is 7.27. The van der Waals surface area contributed by atoms with Crippen molar-refractivity contribution in [3.8, 4) is 0 Å². The number of carbonyl (C=O) groups excluding carboxylic acids is 2. The maximum Gasteiger partial charge on any atom is 0.333 e. The summed E-state index contributed by atoms with van der Waals surface area (Å²) in [5.74, 6) is 0.731. The van der Waals surface area contributed by atoms with Gasteiger partial charge in [0.25, 0.3) is 0 Å². The lowest BCUT2D eigenvalue weighted by molar-refractivity contribution is -0.141. The molecule has 0 heterocycles. The fraction of sp³-hybridized carbons (Fsp3) is 0.684. The standard InChI is InChI=1S/C19H28O4/c1-13(2)17(20)22-9-6-16-11-15-5-7-19(16,12-15)8-10-23-18(21)14(3)4/h15-16H,1,3,5-12H2,2,4H3.